The predicted molar refractivity (Wildman–Crippen MR) is 132 cm³/mol. The zero-order valence-electron chi connectivity index (χ0n) is 20.9. The van der Waals surface area contributed by atoms with Crippen molar-refractivity contribution in [1.29, 1.82) is 0 Å². The topological polar surface area (TPSA) is 80.3 Å². The third kappa shape index (κ3) is 8.94. The van der Waals surface area contributed by atoms with Gasteiger partial charge in [0.25, 0.3) is 0 Å². The molecule has 35 heavy (non-hydrogen) atoms. The van der Waals surface area contributed by atoms with Crippen LogP contribution in [0.2, 0.25) is 0 Å². The lowest BCUT2D eigenvalue weighted by Gasteiger charge is -2.44. The minimum Gasteiger partial charge on any atom is -0.463 e. The molecule has 0 N–H and O–H groups in total. The van der Waals surface area contributed by atoms with E-state index in [1.807, 2.05) is 74.5 Å². The van der Waals surface area contributed by atoms with Crippen molar-refractivity contribution in [1.82, 2.24) is 0 Å². The fourth-order valence-corrected chi connectivity index (χ4v) is 3.75. The maximum atomic E-state index is 11.8. The molecule has 1 fully saturated rings. The summed E-state index contributed by atoms with van der Waals surface area (Å²) >= 11 is 0. The summed E-state index contributed by atoms with van der Waals surface area (Å²) in [5.74, 6) is -1.34. The third-order valence-electron chi connectivity index (χ3n) is 5.28. The van der Waals surface area contributed by atoms with Gasteiger partial charge in [-0.15, -0.1) is 6.58 Å². The van der Waals surface area contributed by atoms with Gasteiger partial charge in [0.05, 0.1) is 19.3 Å². The second-order valence-corrected chi connectivity index (χ2v) is 7.79. The van der Waals surface area contributed by atoms with Crippen LogP contribution in [-0.2, 0) is 46.5 Å². The van der Waals surface area contributed by atoms with Gasteiger partial charge in [-0.25, -0.2) is 0 Å². The fraction of sp³-hybridized carbons (Fsp3) is 0.429. The Morgan fingerprint density at radius 2 is 1.37 bits per heavy atom. The zero-order chi connectivity index (χ0) is 25.6. The Hall–Kier alpha value is -3.00. The SMILES string of the molecule is C=CC1C(OCc2ccccc2)[C@@H](OC(C)=O)OC(COC(C)=O)[C@H]1OCc1ccccc1.CC. The van der Waals surface area contributed by atoms with Crippen molar-refractivity contribution in [3.63, 3.8) is 0 Å². The molecule has 7 heteroatoms. The predicted octanol–water partition coefficient (Wildman–Crippen LogP) is 4.84. The highest BCUT2D eigenvalue weighted by atomic mass is 16.7. The van der Waals surface area contributed by atoms with Crippen LogP contribution in [0, 0.1) is 5.92 Å². The lowest BCUT2D eigenvalue weighted by molar-refractivity contribution is -0.293. The molecule has 1 aliphatic heterocycles. The van der Waals surface area contributed by atoms with Crippen molar-refractivity contribution in [3.8, 4) is 0 Å². The van der Waals surface area contributed by atoms with E-state index in [0.717, 1.165) is 11.1 Å². The summed E-state index contributed by atoms with van der Waals surface area (Å²) in [6, 6.07) is 19.4. The molecule has 3 unspecified atom stereocenters. The molecule has 0 bridgehead atoms. The number of rotatable bonds is 10. The van der Waals surface area contributed by atoms with Crippen LogP contribution in [0.15, 0.2) is 73.3 Å². The van der Waals surface area contributed by atoms with Gasteiger partial charge in [0.2, 0.25) is 6.29 Å². The van der Waals surface area contributed by atoms with E-state index in [4.69, 9.17) is 23.7 Å². The number of hydrogen-bond acceptors (Lipinski definition) is 7. The van der Waals surface area contributed by atoms with Crippen molar-refractivity contribution in [3.05, 3.63) is 84.4 Å². The Balaban J connectivity index is 0.00000210. The van der Waals surface area contributed by atoms with Gasteiger partial charge in [-0.3, -0.25) is 9.59 Å². The first-order valence-electron chi connectivity index (χ1n) is 11.9. The van der Waals surface area contributed by atoms with Gasteiger partial charge < -0.3 is 23.7 Å². The van der Waals surface area contributed by atoms with Crippen LogP contribution in [0.4, 0.5) is 0 Å². The molecule has 1 saturated heterocycles. The maximum absolute atomic E-state index is 11.8. The van der Waals surface area contributed by atoms with Crippen molar-refractivity contribution in [2.45, 2.75) is 65.5 Å². The van der Waals surface area contributed by atoms with Gasteiger partial charge in [-0.05, 0) is 11.1 Å². The second-order valence-electron chi connectivity index (χ2n) is 7.79. The monoisotopic (exact) mass is 484 g/mol. The van der Waals surface area contributed by atoms with Gasteiger partial charge in [-0.2, -0.15) is 0 Å². The van der Waals surface area contributed by atoms with Crippen molar-refractivity contribution in [2.24, 2.45) is 5.92 Å². The van der Waals surface area contributed by atoms with Gasteiger partial charge in [-0.1, -0.05) is 80.6 Å². The number of ether oxygens (including phenoxy) is 5. The Morgan fingerprint density at radius 3 is 1.83 bits per heavy atom. The Bertz CT molecular complexity index is 900. The Kier molecular flexibility index (Phi) is 12.2. The number of benzene rings is 2. The normalized spacial score (nSPS) is 23.4. The number of carbonyl (C=O) groups is 2. The highest BCUT2D eigenvalue weighted by molar-refractivity contribution is 5.66. The quantitative estimate of drug-likeness (QED) is 0.353. The van der Waals surface area contributed by atoms with E-state index in [-0.39, 0.29) is 13.2 Å². The molecular weight excluding hydrogens is 448 g/mol. The van der Waals surface area contributed by atoms with Crippen LogP contribution < -0.4 is 0 Å². The van der Waals surface area contributed by atoms with Crippen molar-refractivity contribution < 1.29 is 33.3 Å². The van der Waals surface area contributed by atoms with E-state index in [0.29, 0.717) is 6.61 Å². The van der Waals surface area contributed by atoms with Gasteiger partial charge in [0.15, 0.2) is 0 Å². The second kappa shape index (κ2) is 15.1. The van der Waals surface area contributed by atoms with E-state index in [1.54, 1.807) is 6.08 Å². The molecule has 3 rings (SSSR count). The first-order valence-corrected chi connectivity index (χ1v) is 11.9. The molecule has 2 aromatic rings. The van der Waals surface area contributed by atoms with Crippen LogP contribution in [0.3, 0.4) is 0 Å². The number of hydrogen-bond donors (Lipinski definition) is 0. The zero-order valence-corrected chi connectivity index (χ0v) is 20.9. The molecule has 1 heterocycles. The van der Waals surface area contributed by atoms with Crippen molar-refractivity contribution in [2.75, 3.05) is 6.61 Å². The molecule has 5 atom stereocenters. The van der Waals surface area contributed by atoms with E-state index in [2.05, 4.69) is 6.58 Å². The third-order valence-corrected chi connectivity index (χ3v) is 5.28. The van der Waals surface area contributed by atoms with E-state index >= 15 is 0 Å². The van der Waals surface area contributed by atoms with Crippen LogP contribution in [0.1, 0.15) is 38.8 Å². The molecule has 0 aromatic heterocycles. The fourth-order valence-electron chi connectivity index (χ4n) is 3.75. The molecule has 1 aliphatic rings. The standard InChI is InChI=1S/C26H30O7.C2H6/c1-4-22-24(30-15-20-11-7-5-8-12-20)23(17-29-18(2)27)33-26(32-19(3)28)25(22)31-16-21-13-9-6-10-14-21;1-2/h4-14,22-26H,1,15-17H2,2-3H3;1-2H3/t22?,23?,24-,25?,26-;/m0./s1. The summed E-state index contributed by atoms with van der Waals surface area (Å²) in [6.07, 6.45) is -1.19. The van der Waals surface area contributed by atoms with Crippen LogP contribution in [0.25, 0.3) is 0 Å². The molecule has 0 saturated carbocycles. The lowest BCUT2D eigenvalue weighted by atomic mass is 9.88. The average molecular weight is 485 g/mol. The minimum atomic E-state index is -1.01. The summed E-state index contributed by atoms with van der Waals surface area (Å²) in [5.41, 5.74) is 1.95. The van der Waals surface area contributed by atoms with E-state index in [9.17, 15) is 9.59 Å². The largest absolute Gasteiger partial charge is 0.463 e. The highest BCUT2D eigenvalue weighted by Crippen LogP contribution is 2.33. The van der Waals surface area contributed by atoms with Gasteiger partial charge in [0, 0.05) is 19.8 Å². The smallest absolute Gasteiger partial charge is 0.305 e. The van der Waals surface area contributed by atoms with Crippen molar-refractivity contribution >= 4 is 11.9 Å². The lowest BCUT2D eigenvalue weighted by Crippen LogP contribution is -2.57. The molecule has 0 radical (unpaired) electrons. The Labute approximate surface area is 208 Å². The molecule has 2 aromatic carbocycles. The maximum Gasteiger partial charge on any atom is 0.305 e. The summed E-state index contributed by atoms with van der Waals surface area (Å²) in [5, 5.41) is 0. The van der Waals surface area contributed by atoms with Gasteiger partial charge in [0.1, 0.15) is 18.8 Å². The Morgan fingerprint density at radius 1 is 0.857 bits per heavy atom. The molecular formula is C28H36O7. The van der Waals surface area contributed by atoms with Crippen LogP contribution in [0.5, 0.6) is 0 Å². The summed E-state index contributed by atoms with van der Waals surface area (Å²) < 4.78 is 29.1. The van der Waals surface area contributed by atoms with Crippen LogP contribution in [-0.4, -0.2) is 43.1 Å². The van der Waals surface area contributed by atoms with E-state index < -0.39 is 42.5 Å². The molecule has 0 amide bonds. The van der Waals surface area contributed by atoms with Crippen LogP contribution >= 0.6 is 0 Å². The van der Waals surface area contributed by atoms with E-state index in [1.165, 1.54) is 13.8 Å². The molecule has 0 aliphatic carbocycles. The van der Waals surface area contributed by atoms with Gasteiger partial charge >= 0.3 is 11.9 Å². The summed E-state index contributed by atoms with van der Waals surface area (Å²) in [4.78, 5) is 23.2. The number of esters is 2. The minimum absolute atomic E-state index is 0.0533. The molecule has 0 spiro atoms. The first-order chi connectivity index (χ1) is 17.0. The molecule has 190 valence electrons. The summed E-state index contributed by atoms with van der Waals surface area (Å²) in [6.45, 7) is 11.2. The highest BCUT2D eigenvalue weighted by Gasteiger charge is 2.48. The average Bonchev–Trinajstić information content (AvgIpc) is 2.87. The number of carbonyl (C=O) groups excluding carboxylic acids is 2. The summed E-state index contributed by atoms with van der Waals surface area (Å²) in [7, 11) is 0. The molecule has 7 nitrogen and oxygen atoms in total. The first kappa shape index (κ1) is 28.2.